The zero-order valence-corrected chi connectivity index (χ0v) is 14.1. The van der Waals surface area contributed by atoms with Crippen LogP contribution in [0, 0.1) is 0 Å². The van der Waals surface area contributed by atoms with Crippen LogP contribution in [0.4, 0.5) is 0 Å². The van der Waals surface area contributed by atoms with Gasteiger partial charge in [-0.1, -0.05) is 0 Å². The molecule has 0 radical (unpaired) electrons. The summed E-state index contributed by atoms with van der Waals surface area (Å²) >= 11 is 1.74. The van der Waals surface area contributed by atoms with Crippen LogP contribution in [0.3, 0.4) is 0 Å². The standard InChI is InChI=1S/C16H26N2O2S/c1-19-14-10-13(16(21-3)11-15(14)20-2)12-17-6-9-18-7-4-5-8-18/h10-11,17H,4-9,12H2,1-3H3. The van der Waals surface area contributed by atoms with Crippen molar-refractivity contribution in [2.45, 2.75) is 24.3 Å². The van der Waals surface area contributed by atoms with Gasteiger partial charge in [-0.25, -0.2) is 0 Å². The molecule has 0 saturated carbocycles. The number of hydrogen-bond donors (Lipinski definition) is 1. The van der Waals surface area contributed by atoms with Gasteiger partial charge in [0.1, 0.15) is 0 Å². The monoisotopic (exact) mass is 310 g/mol. The predicted molar refractivity (Wildman–Crippen MR) is 88.7 cm³/mol. The quantitative estimate of drug-likeness (QED) is 0.590. The third-order valence-electron chi connectivity index (χ3n) is 3.91. The minimum Gasteiger partial charge on any atom is -0.493 e. The second-order valence-corrected chi connectivity index (χ2v) is 6.09. The predicted octanol–water partition coefficient (Wildman–Crippen LogP) is 2.61. The summed E-state index contributed by atoms with van der Waals surface area (Å²) in [7, 11) is 3.36. The van der Waals surface area contributed by atoms with Crippen LogP contribution in [-0.2, 0) is 6.54 Å². The summed E-state index contributed by atoms with van der Waals surface area (Å²) in [4.78, 5) is 3.76. The molecule has 1 aromatic rings. The SMILES string of the molecule is COc1cc(CNCCN2CCCC2)c(SC)cc1OC. The second-order valence-electron chi connectivity index (χ2n) is 5.24. The van der Waals surface area contributed by atoms with Gasteiger partial charge in [0.25, 0.3) is 0 Å². The average molecular weight is 310 g/mol. The maximum atomic E-state index is 5.39. The molecule has 1 saturated heterocycles. The minimum absolute atomic E-state index is 0.794. The maximum absolute atomic E-state index is 5.39. The van der Waals surface area contributed by atoms with Gasteiger partial charge in [-0.05, 0) is 49.9 Å². The van der Waals surface area contributed by atoms with Crippen LogP contribution in [-0.4, -0.2) is 51.6 Å². The smallest absolute Gasteiger partial charge is 0.161 e. The summed E-state index contributed by atoms with van der Waals surface area (Å²) in [5, 5.41) is 3.54. The summed E-state index contributed by atoms with van der Waals surface area (Å²) in [6, 6.07) is 4.13. The Kier molecular flexibility index (Phi) is 6.67. The van der Waals surface area contributed by atoms with Gasteiger partial charge in [0, 0.05) is 24.5 Å². The van der Waals surface area contributed by atoms with E-state index in [1.165, 1.54) is 36.4 Å². The molecule has 0 aromatic heterocycles. The maximum Gasteiger partial charge on any atom is 0.161 e. The van der Waals surface area contributed by atoms with Crippen molar-refractivity contribution in [2.75, 3.05) is 46.7 Å². The normalized spacial score (nSPS) is 15.4. The van der Waals surface area contributed by atoms with E-state index in [9.17, 15) is 0 Å². The zero-order valence-electron chi connectivity index (χ0n) is 13.3. The van der Waals surface area contributed by atoms with Crippen molar-refractivity contribution in [1.29, 1.82) is 0 Å². The fourth-order valence-electron chi connectivity index (χ4n) is 2.70. The molecule has 1 N–H and O–H groups in total. The van der Waals surface area contributed by atoms with E-state index in [-0.39, 0.29) is 0 Å². The van der Waals surface area contributed by atoms with Crippen molar-refractivity contribution < 1.29 is 9.47 Å². The Morgan fingerprint density at radius 2 is 1.81 bits per heavy atom. The number of methoxy groups -OCH3 is 2. The molecule has 0 spiro atoms. The van der Waals surface area contributed by atoms with Crippen LogP contribution in [0.2, 0.25) is 0 Å². The first-order valence-electron chi connectivity index (χ1n) is 7.50. The lowest BCUT2D eigenvalue weighted by molar-refractivity contribution is 0.335. The van der Waals surface area contributed by atoms with Gasteiger partial charge < -0.3 is 19.7 Å². The molecular formula is C16H26N2O2S. The van der Waals surface area contributed by atoms with Crippen LogP contribution >= 0.6 is 11.8 Å². The van der Waals surface area contributed by atoms with Gasteiger partial charge in [0.2, 0.25) is 0 Å². The highest BCUT2D eigenvalue weighted by atomic mass is 32.2. The number of nitrogens with zero attached hydrogens (tertiary/aromatic N) is 1. The Morgan fingerprint density at radius 1 is 1.14 bits per heavy atom. The lowest BCUT2D eigenvalue weighted by Crippen LogP contribution is -2.29. The van der Waals surface area contributed by atoms with Gasteiger partial charge in [0.15, 0.2) is 11.5 Å². The van der Waals surface area contributed by atoms with Crippen LogP contribution < -0.4 is 14.8 Å². The molecule has 1 aliphatic heterocycles. The van der Waals surface area contributed by atoms with Crippen LogP contribution in [0.15, 0.2) is 17.0 Å². The van der Waals surface area contributed by atoms with Crippen molar-refractivity contribution in [3.8, 4) is 11.5 Å². The molecule has 0 unspecified atom stereocenters. The Hall–Kier alpha value is -0.910. The Labute approximate surface area is 132 Å². The van der Waals surface area contributed by atoms with Crippen molar-refractivity contribution >= 4 is 11.8 Å². The molecule has 0 aliphatic carbocycles. The summed E-state index contributed by atoms with van der Waals surface area (Å²) in [6.07, 6.45) is 4.80. The number of nitrogens with one attached hydrogen (secondary N) is 1. The number of ether oxygens (including phenoxy) is 2. The molecule has 1 fully saturated rings. The highest BCUT2D eigenvalue weighted by molar-refractivity contribution is 7.98. The Bertz CT molecular complexity index is 448. The van der Waals surface area contributed by atoms with E-state index in [1.807, 2.05) is 0 Å². The fraction of sp³-hybridized carbons (Fsp3) is 0.625. The van der Waals surface area contributed by atoms with E-state index in [0.29, 0.717) is 0 Å². The molecule has 1 heterocycles. The average Bonchev–Trinajstić information content (AvgIpc) is 3.04. The van der Waals surface area contributed by atoms with Gasteiger partial charge in [-0.3, -0.25) is 0 Å². The van der Waals surface area contributed by atoms with Crippen molar-refractivity contribution in [3.63, 3.8) is 0 Å². The zero-order chi connectivity index (χ0) is 15.1. The van der Waals surface area contributed by atoms with Gasteiger partial charge in [-0.15, -0.1) is 11.8 Å². The number of likely N-dealkylation sites (tertiary alicyclic amines) is 1. The molecule has 4 nitrogen and oxygen atoms in total. The first kappa shape index (κ1) is 16.5. The van der Waals surface area contributed by atoms with Crippen molar-refractivity contribution in [1.82, 2.24) is 10.2 Å². The number of benzene rings is 1. The molecule has 0 amide bonds. The van der Waals surface area contributed by atoms with E-state index < -0.39 is 0 Å². The number of hydrogen-bond acceptors (Lipinski definition) is 5. The summed E-state index contributed by atoms with van der Waals surface area (Å²) < 4.78 is 10.8. The molecule has 1 aliphatic rings. The molecule has 118 valence electrons. The lowest BCUT2D eigenvalue weighted by atomic mass is 10.2. The van der Waals surface area contributed by atoms with E-state index in [2.05, 4.69) is 28.6 Å². The fourth-order valence-corrected chi connectivity index (χ4v) is 3.32. The summed E-state index contributed by atoms with van der Waals surface area (Å²) in [5.41, 5.74) is 1.27. The van der Waals surface area contributed by atoms with Crippen LogP contribution in [0.5, 0.6) is 11.5 Å². The first-order valence-corrected chi connectivity index (χ1v) is 8.73. The summed E-state index contributed by atoms with van der Waals surface area (Å²) in [5.74, 6) is 1.59. The first-order chi connectivity index (χ1) is 10.3. The van der Waals surface area contributed by atoms with Gasteiger partial charge >= 0.3 is 0 Å². The molecular weight excluding hydrogens is 284 g/mol. The van der Waals surface area contributed by atoms with Crippen LogP contribution in [0.25, 0.3) is 0 Å². The lowest BCUT2D eigenvalue weighted by Gasteiger charge is -2.16. The topological polar surface area (TPSA) is 33.7 Å². The second kappa shape index (κ2) is 8.51. The largest absolute Gasteiger partial charge is 0.493 e. The van der Waals surface area contributed by atoms with E-state index in [0.717, 1.165) is 31.1 Å². The van der Waals surface area contributed by atoms with Crippen molar-refractivity contribution in [2.24, 2.45) is 0 Å². The number of rotatable bonds is 8. The molecule has 21 heavy (non-hydrogen) atoms. The Balaban J connectivity index is 1.91. The number of thioether (sulfide) groups is 1. The van der Waals surface area contributed by atoms with Gasteiger partial charge in [-0.2, -0.15) is 0 Å². The molecule has 0 atom stereocenters. The highest BCUT2D eigenvalue weighted by Crippen LogP contribution is 2.34. The Morgan fingerprint density at radius 3 is 2.43 bits per heavy atom. The molecule has 5 heteroatoms. The van der Waals surface area contributed by atoms with E-state index in [1.54, 1.807) is 26.0 Å². The van der Waals surface area contributed by atoms with E-state index >= 15 is 0 Å². The third kappa shape index (κ3) is 4.53. The highest BCUT2D eigenvalue weighted by Gasteiger charge is 2.12. The minimum atomic E-state index is 0.794. The third-order valence-corrected chi connectivity index (χ3v) is 4.73. The molecule has 1 aromatic carbocycles. The van der Waals surface area contributed by atoms with E-state index in [4.69, 9.17) is 9.47 Å². The van der Waals surface area contributed by atoms with Crippen molar-refractivity contribution in [3.05, 3.63) is 17.7 Å². The van der Waals surface area contributed by atoms with Gasteiger partial charge in [0.05, 0.1) is 14.2 Å². The molecule has 2 rings (SSSR count). The summed E-state index contributed by atoms with van der Waals surface area (Å²) in [6.45, 7) is 5.55. The molecule has 0 bridgehead atoms. The van der Waals surface area contributed by atoms with Crippen LogP contribution in [0.1, 0.15) is 18.4 Å².